The van der Waals surface area contributed by atoms with E-state index in [4.69, 9.17) is 9.47 Å². The first-order chi connectivity index (χ1) is 10.9. The summed E-state index contributed by atoms with van der Waals surface area (Å²) in [4.78, 5) is 23.5. The zero-order valence-electron chi connectivity index (χ0n) is 14.0. The third-order valence-electron chi connectivity index (χ3n) is 3.42. The van der Waals surface area contributed by atoms with E-state index < -0.39 is 0 Å². The van der Waals surface area contributed by atoms with Crippen LogP contribution in [0.3, 0.4) is 0 Å². The fourth-order valence-corrected chi connectivity index (χ4v) is 2.72. The van der Waals surface area contributed by atoms with Crippen molar-refractivity contribution >= 4 is 34.5 Å². The summed E-state index contributed by atoms with van der Waals surface area (Å²) in [6.45, 7) is 6.35. The molecule has 4 nitrogen and oxygen atoms in total. The molecule has 128 valence electrons. The lowest BCUT2D eigenvalue weighted by Gasteiger charge is -2.20. The van der Waals surface area contributed by atoms with Gasteiger partial charge in [-0.3, -0.25) is 9.59 Å². The van der Waals surface area contributed by atoms with Gasteiger partial charge >= 0.3 is 11.9 Å². The van der Waals surface area contributed by atoms with Crippen molar-refractivity contribution in [3.8, 4) is 0 Å². The molecule has 0 heterocycles. The molecule has 0 saturated heterocycles. The number of benzene rings is 1. The Bertz CT molecular complexity index is 513. The van der Waals surface area contributed by atoms with Crippen molar-refractivity contribution in [1.82, 2.24) is 0 Å². The first-order valence-electron chi connectivity index (χ1n) is 8.02. The van der Waals surface area contributed by atoms with E-state index in [9.17, 15) is 9.59 Å². The maximum Gasteiger partial charge on any atom is 0.306 e. The van der Waals surface area contributed by atoms with E-state index in [1.807, 2.05) is 38.1 Å². The van der Waals surface area contributed by atoms with Crippen LogP contribution in [0.2, 0.25) is 0 Å². The second-order valence-corrected chi connectivity index (χ2v) is 7.10. The SMILES string of the molecule is CCCC(OC(=O)CCC(=O)OCc1cccc(I)c1)C(C)C. The van der Waals surface area contributed by atoms with Crippen molar-refractivity contribution in [2.75, 3.05) is 0 Å². The van der Waals surface area contributed by atoms with Crippen molar-refractivity contribution in [1.29, 1.82) is 0 Å². The summed E-state index contributed by atoms with van der Waals surface area (Å²) >= 11 is 2.21. The van der Waals surface area contributed by atoms with Crippen LogP contribution in [0.4, 0.5) is 0 Å². The summed E-state index contributed by atoms with van der Waals surface area (Å²) < 4.78 is 11.7. The smallest absolute Gasteiger partial charge is 0.306 e. The zero-order valence-corrected chi connectivity index (χ0v) is 16.2. The summed E-state index contributed by atoms with van der Waals surface area (Å²) in [7, 11) is 0. The summed E-state index contributed by atoms with van der Waals surface area (Å²) in [6.07, 6.45) is 1.86. The lowest BCUT2D eigenvalue weighted by molar-refractivity contribution is -0.156. The van der Waals surface area contributed by atoms with Gasteiger partial charge in [0.2, 0.25) is 0 Å². The summed E-state index contributed by atoms with van der Waals surface area (Å²) in [5.41, 5.74) is 0.940. The summed E-state index contributed by atoms with van der Waals surface area (Å²) in [5, 5.41) is 0. The third kappa shape index (κ3) is 8.34. The van der Waals surface area contributed by atoms with Gasteiger partial charge in [-0.25, -0.2) is 0 Å². The quantitative estimate of drug-likeness (QED) is 0.427. The predicted molar refractivity (Wildman–Crippen MR) is 97.8 cm³/mol. The number of ether oxygens (including phenoxy) is 2. The molecule has 1 rings (SSSR count). The highest BCUT2D eigenvalue weighted by molar-refractivity contribution is 14.1. The Morgan fingerprint density at radius 1 is 1.17 bits per heavy atom. The highest BCUT2D eigenvalue weighted by atomic mass is 127. The Labute approximate surface area is 152 Å². The van der Waals surface area contributed by atoms with E-state index in [1.54, 1.807) is 0 Å². The monoisotopic (exact) mass is 432 g/mol. The fourth-order valence-electron chi connectivity index (χ4n) is 2.11. The molecule has 1 aromatic carbocycles. The molecular formula is C18H25IO4. The zero-order chi connectivity index (χ0) is 17.2. The number of rotatable bonds is 9. The number of hydrogen-bond donors (Lipinski definition) is 0. The molecule has 0 aromatic heterocycles. The van der Waals surface area contributed by atoms with Crippen molar-refractivity contribution in [2.45, 2.75) is 59.2 Å². The van der Waals surface area contributed by atoms with Gasteiger partial charge in [-0.05, 0) is 52.6 Å². The minimum absolute atomic E-state index is 0.0553. The van der Waals surface area contributed by atoms with Crippen LogP contribution in [-0.2, 0) is 25.7 Å². The molecule has 23 heavy (non-hydrogen) atoms. The van der Waals surface area contributed by atoms with Gasteiger partial charge in [-0.1, -0.05) is 39.3 Å². The molecule has 1 unspecified atom stereocenters. The molecule has 0 spiro atoms. The number of carbonyl (C=O) groups is 2. The van der Waals surface area contributed by atoms with Gasteiger partial charge in [-0.2, -0.15) is 0 Å². The molecular weight excluding hydrogens is 407 g/mol. The average Bonchev–Trinajstić information content (AvgIpc) is 2.50. The molecule has 0 N–H and O–H groups in total. The molecule has 5 heteroatoms. The first-order valence-corrected chi connectivity index (χ1v) is 9.09. The maximum atomic E-state index is 11.8. The second-order valence-electron chi connectivity index (χ2n) is 5.85. The normalized spacial score (nSPS) is 12.0. The molecule has 1 atom stereocenters. The largest absolute Gasteiger partial charge is 0.462 e. The minimum Gasteiger partial charge on any atom is -0.462 e. The van der Waals surface area contributed by atoms with E-state index in [0.29, 0.717) is 0 Å². The second kappa shape index (κ2) is 10.6. The molecule has 0 fully saturated rings. The van der Waals surface area contributed by atoms with Crippen LogP contribution < -0.4 is 0 Å². The van der Waals surface area contributed by atoms with Gasteiger partial charge in [0.1, 0.15) is 12.7 Å². The van der Waals surface area contributed by atoms with Crippen molar-refractivity contribution in [3.05, 3.63) is 33.4 Å². The Morgan fingerprint density at radius 3 is 2.48 bits per heavy atom. The van der Waals surface area contributed by atoms with Gasteiger partial charge in [0.15, 0.2) is 0 Å². The molecule has 0 aliphatic rings. The lowest BCUT2D eigenvalue weighted by Crippen LogP contribution is -2.24. The number of halogens is 1. The van der Waals surface area contributed by atoms with Crippen molar-refractivity contribution < 1.29 is 19.1 Å². The molecule has 0 radical (unpaired) electrons. The van der Waals surface area contributed by atoms with Gasteiger partial charge in [0.25, 0.3) is 0 Å². The van der Waals surface area contributed by atoms with Gasteiger partial charge in [-0.15, -0.1) is 0 Å². The van der Waals surface area contributed by atoms with Gasteiger partial charge in [0, 0.05) is 3.57 Å². The van der Waals surface area contributed by atoms with Gasteiger partial charge in [0.05, 0.1) is 12.8 Å². The van der Waals surface area contributed by atoms with E-state index in [1.165, 1.54) is 0 Å². The highest BCUT2D eigenvalue weighted by Crippen LogP contribution is 2.14. The Morgan fingerprint density at radius 2 is 1.87 bits per heavy atom. The molecule has 0 saturated carbocycles. The van der Waals surface area contributed by atoms with E-state index in [0.717, 1.165) is 22.0 Å². The molecule has 0 amide bonds. The van der Waals surface area contributed by atoms with Crippen LogP contribution in [0.1, 0.15) is 52.0 Å². The van der Waals surface area contributed by atoms with Crippen LogP contribution in [0.5, 0.6) is 0 Å². The first kappa shape index (κ1) is 19.9. The lowest BCUT2D eigenvalue weighted by atomic mass is 10.0. The maximum absolute atomic E-state index is 11.8. The molecule has 0 aliphatic heterocycles. The van der Waals surface area contributed by atoms with Crippen molar-refractivity contribution in [2.24, 2.45) is 5.92 Å². The average molecular weight is 432 g/mol. The molecule has 0 bridgehead atoms. The van der Waals surface area contributed by atoms with E-state index in [-0.39, 0.29) is 43.4 Å². The topological polar surface area (TPSA) is 52.6 Å². The number of esters is 2. The third-order valence-corrected chi connectivity index (χ3v) is 4.09. The van der Waals surface area contributed by atoms with Crippen LogP contribution in [-0.4, -0.2) is 18.0 Å². The Hall–Kier alpha value is -1.11. The van der Waals surface area contributed by atoms with Crippen molar-refractivity contribution in [3.63, 3.8) is 0 Å². The van der Waals surface area contributed by atoms with Crippen LogP contribution >= 0.6 is 22.6 Å². The summed E-state index contributed by atoms with van der Waals surface area (Å²) in [5.74, 6) is -0.424. The number of carbonyl (C=O) groups excluding carboxylic acids is 2. The fraction of sp³-hybridized carbons (Fsp3) is 0.556. The Balaban J connectivity index is 2.30. The van der Waals surface area contributed by atoms with Crippen LogP contribution in [0.25, 0.3) is 0 Å². The highest BCUT2D eigenvalue weighted by Gasteiger charge is 2.18. The van der Waals surface area contributed by atoms with E-state index in [2.05, 4.69) is 29.5 Å². The minimum atomic E-state index is -0.377. The predicted octanol–water partition coefficient (Wildman–Crippen LogP) is 4.48. The molecule has 1 aromatic rings. The Kier molecular flexibility index (Phi) is 9.21. The van der Waals surface area contributed by atoms with Crippen LogP contribution in [0.15, 0.2) is 24.3 Å². The van der Waals surface area contributed by atoms with E-state index >= 15 is 0 Å². The molecule has 0 aliphatic carbocycles. The summed E-state index contributed by atoms with van der Waals surface area (Å²) in [6, 6.07) is 7.76. The van der Waals surface area contributed by atoms with Gasteiger partial charge < -0.3 is 9.47 Å². The van der Waals surface area contributed by atoms with Crippen LogP contribution in [0, 0.1) is 9.49 Å². The standard InChI is InChI=1S/C18H25IO4/c1-4-6-16(13(2)3)23-18(21)10-9-17(20)22-12-14-7-5-8-15(19)11-14/h5,7-8,11,13,16H,4,6,9-10,12H2,1-3H3. The number of hydrogen-bond acceptors (Lipinski definition) is 4.